The molecule has 1 aliphatic rings. The van der Waals surface area contributed by atoms with Gasteiger partial charge in [-0.25, -0.2) is 0 Å². The molecule has 0 amide bonds. The molecule has 3 nitrogen and oxygen atoms in total. The zero-order chi connectivity index (χ0) is 11.7. The number of hydrogen-bond acceptors (Lipinski definition) is 3. The molecule has 0 aliphatic carbocycles. The Morgan fingerprint density at radius 2 is 2.38 bits per heavy atom. The number of aryl methyl sites for hydroxylation is 1. The predicted octanol–water partition coefficient (Wildman–Crippen LogP) is 3.11. The van der Waals surface area contributed by atoms with Gasteiger partial charge in [0.25, 0.3) is 0 Å². The van der Waals surface area contributed by atoms with Gasteiger partial charge >= 0.3 is 0 Å². The highest BCUT2D eigenvalue weighted by atomic mass is 35.5. The smallest absolute Gasteiger partial charge is 0.139 e. The normalized spacial score (nSPS) is 18.8. The Bertz CT molecular complexity index is 502. The number of nitrogens with zero attached hydrogens (tertiary/aromatic N) is 2. The van der Waals surface area contributed by atoms with Crippen LogP contribution in [0.15, 0.2) is 17.8 Å². The molecule has 0 spiro atoms. The summed E-state index contributed by atoms with van der Waals surface area (Å²) in [5, 5.41) is 12.3. The van der Waals surface area contributed by atoms with Crippen molar-refractivity contribution in [3.8, 4) is 6.07 Å². The molecule has 0 fully saturated rings. The van der Waals surface area contributed by atoms with Crippen molar-refractivity contribution in [1.82, 2.24) is 4.98 Å². The molecule has 0 bridgehead atoms. The second-order valence-corrected chi connectivity index (χ2v) is 4.24. The third-order valence-corrected chi connectivity index (χ3v) is 3.19. The fraction of sp³-hybridized carbons (Fsp3) is 0.273. The number of aromatic nitrogens is 1. The van der Waals surface area contributed by atoms with Crippen LogP contribution < -0.4 is 5.32 Å². The highest BCUT2D eigenvalue weighted by Gasteiger charge is 2.24. The quantitative estimate of drug-likeness (QED) is 0.618. The number of halogens is 2. The summed E-state index contributed by atoms with van der Waals surface area (Å²) >= 11 is 12.1. The monoisotopic (exact) mass is 253 g/mol. The third-order valence-electron chi connectivity index (χ3n) is 2.45. The summed E-state index contributed by atoms with van der Waals surface area (Å²) in [6.07, 6.45) is 2.52. The van der Waals surface area contributed by atoms with Crippen LogP contribution in [-0.2, 0) is 6.42 Å². The lowest BCUT2D eigenvalue weighted by Gasteiger charge is -2.22. The van der Waals surface area contributed by atoms with E-state index >= 15 is 0 Å². The van der Waals surface area contributed by atoms with E-state index < -0.39 is 5.50 Å². The number of hydrogen-bond donors (Lipinski definition) is 1. The molecule has 1 N–H and O–H groups in total. The van der Waals surface area contributed by atoms with Crippen LogP contribution in [-0.4, -0.2) is 10.5 Å². The van der Waals surface area contributed by atoms with Gasteiger partial charge < -0.3 is 5.32 Å². The molecule has 0 aromatic carbocycles. The fourth-order valence-electron chi connectivity index (χ4n) is 1.56. The van der Waals surface area contributed by atoms with Gasteiger partial charge in [0.1, 0.15) is 5.50 Å². The fourth-order valence-corrected chi connectivity index (χ4v) is 2.20. The average Bonchev–Trinajstić information content (AvgIpc) is 2.29. The minimum absolute atomic E-state index is 0.351. The van der Waals surface area contributed by atoms with Crippen LogP contribution in [0.3, 0.4) is 0 Å². The van der Waals surface area contributed by atoms with E-state index in [9.17, 15) is 0 Å². The Morgan fingerprint density at radius 3 is 3.00 bits per heavy atom. The Labute approximate surface area is 104 Å². The standard InChI is InChI=1S/C11H9Cl2N3/c1-2-6-3-7-9(5-15-6)16-11(13)8(4-14)10(7)12/h3,5,11,16H,2H2,1H3. The number of rotatable bonds is 1. The second kappa shape index (κ2) is 4.32. The van der Waals surface area contributed by atoms with E-state index in [0.717, 1.165) is 23.4 Å². The van der Waals surface area contributed by atoms with Crippen molar-refractivity contribution in [1.29, 1.82) is 5.26 Å². The first-order valence-electron chi connectivity index (χ1n) is 4.87. The van der Waals surface area contributed by atoms with Crippen LogP contribution in [0.25, 0.3) is 5.03 Å². The van der Waals surface area contributed by atoms with E-state index in [1.54, 1.807) is 6.20 Å². The lowest BCUT2D eigenvalue weighted by Crippen LogP contribution is -2.20. The predicted molar refractivity (Wildman–Crippen MR) is 65.3 cm³/mol. The van der Waals surface area contributed by atoms with Crippen molar-refractivity contribution >= 4 is 33.9 Å². The molecule has 82 valence electrons. The number of anilines is 1. The number of nitriles is 1. The van der Waals surface area contributed by atoms with Gasteiger partial charge in [-0.2, -0.15) is 5.26 Å². The minimum Gasteiger partial charge on any atom is -0.363 e. The van der Waals surface area contributed by atoms with Crippen molar-refractivity contribution < 1.29 is 0 Å². The van der Waals surface area contributed by atoms with Crippen molar-refractivity contribution in [2.45, 2.75) is 18.8 Å². The molecule has 2 heterocycles. The molecule has 5 heteroatoms. The molecule has 0 saturated heterocycles. The van der Waals surface area contributed by atoms with Gasteiger partial charge in [-0.3, -0.25) is 4.98 Å². The topological polar surface area (TPSA) is 48.7 Å². The highest BCUT2D eigenvalue weighted by molar-refractivity contribution is 6.51. The molecular weight excluding hydrogens is 245 g/mol. The van der Waals surface area contributed by atoms with Gasteiger partial charge in [0, 0.05) is 11.3 Å². The molecule has 1 aliphatic heterocycles. The summed E-state index contributed by atoms with van der Waals surface area (Å²) in [5.74, 6) is 0. The van der Waals surface area contributed by atoms with Crippen LogP contribution in [0.4, 0.5) is 5.69 Å². The maximum Gasteiger partial charge on any atom is 0.139 e. The van der Waals surface area contributed by atoms with E-state index in [2.05, 4.69) is 10.3 Å². The van der Waals surface area contributed by atoms with Gasteiger partial charge in [0.15, 0.2) is 0 Å². The minimum atomic E-state index is -0.584. The average molecular weight is 254 g/mol. The molecule has 2 rings (SSSR count). The molecular formula is C11H9Cl2N3. The Balaban J connectivity index is 2.60. The van der Waals surface area contributed by atoms with E-state index in [-0.39, 0.29) is 0 Å². The number of alkyl halides is 1. The van der Waals surface area contributed by atoms with Crippen LogP contribution in [0.5, 0.6) is 0 Å². The number of nitrogens with one attached hydrogen (secondary N) is 1. The maximum absolute atomic E-state index is 8.95. The van der Waals surface area contributed by atoms with Gasteiger partial charge in [-0.1, -0.05) is 30.1 Å². The van der Waals surface area contributed by atoms with Crippen molar-refractivity contribution in [2.24, 2.45) is 0 Å². The van der Waals surface area contributed by atoms with E-state index in [1.807, 2.05) is 19.1 Å². The lowest BCUT2D eigenvalue weighted by atomic mass is 10.0. The van der Waals surface area contributed by atoms with Crippen molar-refractivity contribution in [2.75, 3.05) is 5.32 Å². The first-order chi connectivity index (χ1) is 7.67. The Kier molecular flexibility index (Phi) is 3.04. The summed E-state index contributed by atoms with van der Waals surface area (Å²) in [5.41, 5.74) is 2.26. The first kappa shape index (κ1) is 11.3. The number of fused-ring (bicyclic) bond motifs is 1. The summed E-state index contributed by atoms with van der Waals surface area (Å²) in [6.45, 7) is 2.01. The SMILES string of the molecule is CCc1cc2c(cn1)NC(Cl)C(C#N)=C2Cl. The molecule has 0 radical (unpaired) electrons. The van der Waals surface area contributed by atoms with Crippen LogP contribution >= 0.6 is 23.2 Å². The summed E-state index contributed by atoms with van der Waals surface area (Å²) < 4.78 is 0. The van der Waals surface area contributed by atoms with Crippen LogP contribution in [0.2, 0.25) is 0 Å². The van der Waals surface area contributed by atoms with Gasteiger partial charge in [0.05, 0.1) is 28.6 Å². The summed E-state index contributed by atoms with van der Waals surface area (Å²) in [7, 11) is 0. The van der Waals surface area contributed by atoms with Gasteiger partial charge in [-0.15, -0.1) is 0 Å². The van der Waals surface area contributed by atoms with Gasteiger partial charge in [0.2, 0.25) is 0 Å². The first-order valence-corrected chi connectivity index (χ1v) is 5.68. The highest BCUT2D eigenvalue weighted by Crippen LogP contribution is 2.37. The zero-order valence-electron chi connectivity index (χ0n) is 8.59. The lowest BCUT2D eigenvalue weighted by molar-refractivity contribution is 1.02. The molecule has 0 saturated carbocycles. The maximum atomic E-state index is 8.95. The van der Waals surface area contributed by atoms with E-state index in [1.165, 1.54) is 0 Å². The van der Waals surface area contributed by atoms with Gasteiger partial charge in [-0.05, 0) is 12.5 Å². The largest absolute Gasteiger partial charge is 0.363 e. The Hall–Kier alpha value is -1.24. The van der Waals surface area contributed by atoms with Crippen LogP contribution in [0, 0.1) is 11.3 Å². The van der Waals surface area contributed by atoms with Crippen LogP contribution in [0.1, 0.15) is 18.2 Å². The van der Waals surface area contributed by atoms with Crippen molar-refractivity contribution in [3.05, 3.63) is 29.1 Å². The zero-order valence-corrected chi connectivity index (χ0v) is 10.1. The van der Waals surface area contributed by atoms with E-state index in [4.69, 9.17) is 28.5 Å². The van der Waals surface area contributed by atoms with Crippen molar-refractivity contribution in [3.63, 3.8) is 0 Å². The Morgan fingerprint density at radius 1 is 1.62 bits per heavy atom. The van der Waals surface area contributed by atoms with E-state index in [0.29, 0.717) is 10.6 Å². The summed E-state index contributed by atoms with van der Waals surface area (Å²) in [4.78, 5) is 4.24. The third kappa shape index (κ3) is 1.75. The molecule has 16 heavy (non-hydrogen) atoms. The molecule has 1 aromatic rings. The number of pyridine rings is 1. The molecule has 1 unspecified atom stereocenters. The molecule has 1 aromatic heterocycles. The molecule has 1 atom stereocenters. The second-order valence-electron chi connectivity index (χ2n) is 3.42. The summed E-state index contributed by atoms with van der Waals surface area (Å²) in [6, 6.07) is 3.89.